The van der Waals surface area contributed by atoms with Gasteiger partial charge in [-0.05, 0) is 12.1 Å². The molecule has 0 radical (unpaired) electrons. The van der Waals surface area contributed by atoms with Gasteiger partial charge in [-0.15, -0.1) is 0 Å². The molecular weight excluding hydrogens is 177 g/mol. The van der Waals surface area contributed by atoms with E-state index in [0.29, 0.717) is 0 Å². The third-order valence-electron chi connectivity index (χ3n) is 1.34. The summed E-state index contributed by atoms with van der Waals surface area (Å²) < 4.78 is 17.5. The Morgan fingerprint density at radius 2 is 2.31 bits per heavy atom. The Morgan fingerprint density at radius 3 is 2.85 bits per heavy atom. The molecule has 13 heavy (non-hydrogen) atoms. The number of para-hydroxylation sites is 1. The third kappa shape index (κ3) is 2.33. The molecule has 0 saturated carbocycles. The molecule has 4 nitrogen and oxygen atoms in total. The zero-order valence-corrected chi connectivity index (χ0v) is 6.66. The summed E-state index contributed by atoms with van der Waals surface area (Å²) in [5.74, 6) is -2.06. The van der Waals surface area contributed by atoms with E-state index in [1.807, 2.05) is 0 Å². The molecule has 0 aliphatic carbocycles. The van der Waals surface area contributed by atoms with Crippen LogP contribution in [0.4, 0.5) is 10.1 Å². The van der Waals surface area contributed by atoms with Gasteiger partial charge in [-0.1, -0.05) is 6.07 Å². The first-order valence-electron chi connectivity index (χ1n) is 3.50. The number of halogens is 1. The van der Waals surface area contributed by atoms with Crippen LogP contribution >= 0.6 is 0 Å². The van der Waals surface area contributed by atoms with Crippen molar-refractivity contribution in [2.24, 2.45) is 0 Å². The Balaban J connectivity index is 2.81. The van der Waals surface area contributed by atoms with Crippen LogP contribution in [0.25, 0.3) is 0 Å². The maximum Gasteiger partial charge on any atom is 0.341 e. The molecule has 0 saturated heterocycles. The fourth-order valence-electron chi connectivity index (χ4n) is 0.812. The lowest BCUT2D eigenvalue weighted by molar-refractivity contribution is -0.139. The molecule has 1 aromatic carbocycles. The number of rotatable bonds is 3. The number of hydrogen-bond acceptors (Lipinski definition) is 3. The molecule has 70 valence electrons. The number of ether oxygens (including phenoxy) is 1. The van der Waals surface area contributed by atoms with Gasteiger partial charge in [0.05, 0.1) is 5.69 Å². The molecule has 0 spiro atoms. The van der Waals surface area contributed by atoms with Crippen LogP contribution < -0.4 is 10.5 Å². The van der Waals surface area contributed by atoms with E-state index < -0.39 is 18.4 Å². The summed E-state index contributed by atoms with van der Waals surface area (Å²) >= 11 is 0. The number of benzene rings is 1. The van der Waals surface area contributed by atoms with Crippen molar-refractivity contribution in [3.8, 4) is 5.75 Å². The monoisotopic (exact) mass is 185 g/mol. The Morgan fingerprint density at radius 1 is 1.62 bits per heavy atom. The molecule has 0 fully saturated rings. The highest BCUT2D eigenvalue weighted by Crippen LogP contribution is 2.24. The molecule has 0 aliphatic heterocycles. The third-order valence-corrected chi connectivity index (χ3v) is 1.34. The molecule has 0 bridgehead atoms. The summed E-state index contributed by atoms with van der Waals surface area (Å²) in [5, 5.41) is 8.27. The van der Waals surface area contributed by atoms with Crippen LogP contribution in [0.2, 0.25) is 0 Å². The van der Waals surface area contributed by atoms with Crippen molar-refractivity contribution in [1.82, 2.24) is 0 Å². The highest BCUT2D eigenvalue weighted by Gasteiger charge is 2.08. The molecular formula is C8H8FNO3. The van der Waals surface area contributed by atoms with Crippen molar-refractivity contribution in [3.05, 3.63) is 24.0 Å². The summed E-state index contributed by atoms with van der Waals surface area (Å²) in [6, 6.07) is 3.99. The Kier molecular flexibility index (Phi) is 2.69. The number of hydrogen-bond donors (Lipinski definition) is 2. The largest absolute Gasteiger partial charge is 0.479 e. The summed E-state index contributed by atoms with van der Waals surface area (Å²) in [6.07, 6.45) is 0. The van der Waals surface area contributed by atoms with Crippen molar-refractivity contribution in [3.63, 3.8) is 0 Å². The van der Waals surface area contributed by atoms with E-state index in [1.165, 1.54) is 12.1 Å². The minimum atomic E-state index is -1.18. The summed E-state index contributed by atoms with van der Waals surface area (Å²) in [7, 11) is 0. The zero-order chi connectivity index (χ0) is 9.84. The molecule has 0 atom stereocenters. The SMILES string of the molecule is Nc1cccc(F)c1OCC(=O)O. The van der Waals surface area contributed by atoms with Crippen LogP contribution in [0.15, 0.2) is 18.2 Å². The van der Waals surface area contributed by atoms with Crippen LogP contribution in [-0.4, -0.2) is 17.7 Å². The average molecular weight is 185 g/mol. The number of nitrogen functional groups attached to an aromatic ring is 1. The van der Waals surface area contributed by atoms with Gasteiger partial charge in [0.15, 0.2) is 18.2 Å². The first-order valence-corrected chi connectivity index (χ1v) is 3.50. The van der Waals surface area contributed by atoms with Gasteiger partial charge in [0, 0.05) is 0 Å². The number of carboxylic acid groups (broad SMARTS) is 1. The average Bonchev–Trinajstić information content (AvgIpc) is 2.03. The van der Waals surface area contributed by atoms with E-state index in [9.17, 15) is 9.18 Å². The number of carboxylic acids is 1. The second kappa shape index (κ2) is 3.75. The van der Waals surface area contributed by atoms with Gasteiger partial charge in [0.2, 0.25) is 0 Å². The Bertz CT molecular complexity index is 307. The Hall–Kier alpha value is -1.78. The highest BCUT2D eigenvalue weighted by molar-refractivity contribution is 5.69. The highest BCUT2D eigenvalue weighted by atomic mass is 19.1. The molecule has 0 aromatic heterocycles. The van der Waals surface area contributed by atoms with Crippen LogP contribution in [0.1, 0.15) is 0 Å². The van der Waals surface area contributed by atoms with Crippen molar-refractivity contribution in [1.29, 1.82) is 0 Å². The molecule has 0 aliphatic rings. The topological polar surface area (TPSA) is 72.5 Å². The van der Waals surface area contributed by atoms with Gasteiger partial charge >= 0.3 is 5.97 Å². The second-order valence-corrected chi connectivity index (χ2v) is 2.34. The molecule has 0 unspecified atom stereocenters. The molecule has 1 rings (SSSR count). The van der Waals surface area contributed by atoms with Crippen molar-refractivity contribution < 1.29 is 19.0 Å². The fraction of sp³-hybridized carbons (Fsp3) is 0.125. The lowest BCUT2D eigenvalue weighted by Crippen LogP contribution is -2.11. The molecule has 0 heterocycles. The zero-order valence-electron chi connectivity index (χ0n) is 6.66. The molecule has 5 heteroatoms. The lowest BCUT2D eigenvalue weighted by atomic mass is 10.3. The van der Waals surface area contributed by atoms with Crippen LogP contribution in [0.3, 0.4) is 0 Å². The van der Waals surface area contributed by atoms with Crippen molar-refractivity contribution in [2.75, 3.05) is 12.3 Å². The van der Waals surface area contributed by atoms with Gasteiger partial charge in [-0.3, -0.25) is 0 Å². The van der Waals surface area contributed by atoms with Crippen LogP contribution in [-0.2, 0) is 4.79 Å². The number of carbonyl (C=O) groups is 1. The van der Waals surface area contributed by atoms with E-state index in [0.717, 1.165) is 6.07 Å². The van der Waals surface area contributed by atoms with Gasteiger partial charge < -0.3 is 15.6 Å². The lowest BCUT2D eigenvalue weighted by Gasteiger charge is -2.06. The first kappa shape index (κ1) is 9.31. The normalized spacial score (nSPS) is 9.62. The van der Waals surface area contributed by atoms with E-state index >= 15 is 0 Å². The fourth-order valence-corrected chi connectivity index (χ4v) is 0.812. The smallest absolute Gasteiger partial charge is 0.341 e. The molecule has 3 N–H and O–H groups in total. The molecule has 0 amide bonds. The summed E-state index contributed by atoms with van der Waals surface area (Å²) in [6.45, 7) is -0.606. The minimum Gasteiger partial charge on any atom is -0.479 e. The maximum atomic E-state index is 12.9. The number of aliphatic carboxylic acids is 1. The van der Waals surface area contributed by atoms with Gasteiger partial charge in [-0.25, -0.2) is 9.18 Å². The predicted octanol–water partition coefficient (Wildman–Crippen LogP) is 0.871. The van der Waals surface area contributed by atoms with E-state index in [1.54, 1.807) is 0 Å². The van der Waals surface area contributed by atoms with Crippen LogP contribution in [0, 0.1) is 5.82 Å². The summed E-state index contributed by atoms with van der Waals surface area (Å²) in [5.41, 5.74) is 5.43. The van der Waals surface area contributed by atoms with Gasteiger partial charge in [0.1, 0.15) is 0 Å². The first-order chi connectivity index (χ1) is 6.11. The van der Waals surface area contributed by atoms with Gasteiger partial charge in [0.25, 0.3) is 0 Å². The second-order valence-electron chi connectivity index (χ2n) is 2.34. The number of anilines is 1. The Labute approximate surface area is 73.7 Å². The predicted molar refractivity (Wildman–Crippen MR) is 43.9 cm³/mol. The van der Waals surface area contributed by atoms with Crippen LogP contribution in [0.5, 0.6) is 5.75 Å². The van der Waals surface area contributed by atoms with E-state index in [-0.39, 0.29) is 11.4 Å². The maximum absolute atomic E-state index is 12.9. The summed E-state index contributed by atoms with van der Waals surface area (Å²) in [4.78, 5) is 10.1. The van der Waals surface area contributed by atoms with E-state index in [4.69, 9.17) is 10.8 Å². The van der Waals surface area contributed by atoms with E-state index in [2.05, 4.69) is 4.74 Å². The minimum absolute atomic E-state index is 0.0845. The number of nitrogens with two attached hydrogens (primary N) is 1. The molecule has 1 aromatic rings. The van der Waals surface area contributed by atoms with Gasteiger partial charge in [-0.2, -0.15) is 0 Å². The standard InChI is InChI=1S/C8H8FNO3/c9-5-2-1-3-6(10)8(5)13-4-7(11)12/h1-3H,4,10H2,(H,11,12). The van der Waals surface area contributed by atoms with Crippen molar-refractivity contribution >= 4 is 11.7 Å². The van der Waals surface area contributed by atoms with Crippen molar-refractivity contribution in [2.45, 2.75) is 0 Å². The quantitative estimate of drug-likeness (QED) is 0.685.